The number of benzene rings is 1. The maximum absolute atomic E-state index is 11.5. The summed E-state index contributed by atoms with van der Waals surface area (Å²) in [6.07, 6.45) is 2.00. The number of esters is 1. The van der Waals surface area contributed by atoms with Gasteiger partial charge in [-0.1, -0.05) is 32.0 Å². The summed E-state index contributed by atoms with van der Waals surface area (Å²) in [5.74, 6) is 0.482. The van der Waals surface area contributed by atoms with Gasteiger partial charge in [-0.3, -0.25) is 0 Å². The molecular formula is C13H16O2. The molecule has 1 aliphatic heterocycles. The lowest BCUT2D eigenvalue weighted by atomic mass is 9.98. The minimum absolute atomic E-state index is 0.0175. The predicted octanol–water partition coefficient (Wildman–Crippen LogP) is 3.33. The first-order valence-corrected chi connectivity index (χ1v) is 5.48. The molecule has 0 unspecified atom stereocenters. The van der Waals surface area contributed by atoms with E-state index >= 15 is 0 Å². The second kappa shape index (κ2) is 4.05. The average molecular weight is 204 g/mol. The Bertz CT molecular complexity index is 369. The second-order valence-corrected chi connectivity index (χ2v) is 4.45. The topological polar surface area (TPSA) is 26.3 Å². The van der Waals surface area contributed by atoms with Crippen molar-refractivity contribution in [3.63, 3.8) is 0 Å². The Morgan fingerprint density at radius 3 is 2.80 bits per heavy atom. The SMILES string of the molecule is CC(C)CC[C@@H]1OC(=O)c2ccccc21. The summed E-state index contributed by atoms with van der Waals surface area (Å²) < 4.78 is 5.34. The molecule has 0 aromatic heterocycles. The zero-order chi connectivity index (χ0) is 10.8. The second-order valence-electron chi connectivity index (χ2n) is 4.45. The van der Waals surface area contributed by atoms with Crippen LogP contribution in [0.4, 0.5) is 0 Å². The van der Waals surface area contributed by atoms with Gasteiger partial charge >= 0.3 is 5.97 Å². The first kappa shape index (κ1) is 10.2. The third kappa shape index (κ3) is 2.04. The van der Waals surface area contributed by atoms with E-state index in [0.29, 0.717) is 5.92 Å². The fourth-order valence-electron chi connectivity index (χ4n) is 1.92. The number of hydrogen-bond donors (Lipinski definition) is 0. The minimum Gasteiger partial charge on any atom is -0.454 e. The number of carbonyl (C=O) groups is 1. The van der Waals surface area contributed by atoms with Gasteiger partial charge in [-0.25, -0.2) is 4.79 Å². The zero-order valence-electron chi connectivity index (χ0n) is 9.19. The van der Waals surface area contributed by atoms with Gasteiger partial charge in [-0.15, -0.1) is 0 Å². The summed E-state index contributed by atoms with van der Waals surface area (Å²) in [4.78, 5) is 11.5. The summed E-state index contributed by atoms with van der Waals surface area (Å²) in [5.41, 5.74) is 1.80. The van der Waals surface area contributed by atoms with Crippen LogP contribution in [0.5, 0.6) is 0 Å². The van der Waals surface area contributed by atoms with Gasteiger partial charge in [0.2, 0.25) is 0 Å². The van der Waals surface area contributed by atoms with Crippen molar-refractivity contribution in [1.29, 1.82) is 0 Å². The molecule has 0 spiro atoms. The van der Waals surface area contributed by atoms with E-state index in [-0.39, 0.29) is 12.1 Å². The van der Waals surface area contributed by atoms with Crippen molar-refractivity contribution in [2.75, 3.05) is 0 Å². The van der Waals surface area contributed by atoms with Crippen molar-refractivity contribution in [3.05, 3.63) is 35.4 Å². The number of hydrogen-bond acceptors (Lipinski definition) is 2. The molecule has 0 N–H and O–H groups in total. The number of ether oxygens (including phenoxy) is 1. The summed E-state index contributed by atoms with van der Waals surface area (Å²) in [7, 11) is 0. The highest BCUT2D eigenvalue weighted by Crippen LogP contribution is 2.34. The molecule has 1 aliphatic rings. The first-order valence-electron chi connectivity index (χ1n) is 5.48. The van der Waals surface area contributed by atoms with Gasteiger partial charge in [0.1, 0.15) is 6.10 Å². The zero-order valence-corrected chi connectivity index (χ0v) is 9.19. The van der Waals surface area contributed by atoms with Crippen LogP contribution in [0, 0.1) is 5.92 Å². The molecule has 0 saturated heterocycles. The quantitative estimate of drug-likeness (QED) is 0.706. The highest BCUT2D eigenvalue weighted by atomic mass is 16.5. The molecule has 80 valence electrons. The fourth-order valence-corrected chi connectivity index (χ4v) is 1.92. The van der Waals surface area contributed by atoms with E-state index in [1.807, 2.05) is 24.3 Å². The Balaban J connectivity index is 2.14. The lowest BCUT2D eigenvalue weighted by molar-refractivity contribution is 0.0357. The maximum atomic E-state index is 11.5. The van der Waals surface area contributed by atoms with Gasteiger partial charge in [0, 0.05) is 5.56 Å². The molecular weight excluding hydrogens is 188 g/mol. The highest BCUT2D eigenvalue weighted by molar-refractivity contribution is 5.93. The van der Waals surface area contributed by atoms with Gasteiger partial charge in [-0.2, -0.15) is 0 Å². The highest BCUT2D eigenvalue weighted by Gasteiger charge is 2.29. The largest absolute Gasteiger partial charge is 0.454 e. The number of fused-ring (bicyclic) bond motifs is 1. The van der Waals surface area contributed by atoms with E-state index in [2.05, 4.69) is 13.8 Å². The van der Waals surface area contributed by atoms with Crippen LogP contribution in [0.3, 0.4) is 0 Å². The van der Waals surface area contributed by atoms with Gasteiger partial charge in [0.15, 0.2) is 0 Å². The Kier molecular flexibility index (Phi) is 2.76. The molecule has 1 atom stereocenters. The molecule has 1 aromatic rings. The Hall–Kier alpha value is -1.31. The monoisotopic (exact) mass is 204 g/mol. The van der Waals surface area contributed by atoms with Crippen LogP contribution < -0.4 is 0 Å². The van der Waals surface area contributed by atoms with Crippen molar-refractivity contribution in [3.8, 4) is 0 Å². The number of carbonyl (C=O) groups excluding carboxylic acids is 1. The molecule has 0 saturated carbocycles. The van der Waals surface area contributed by atoms with E-state index < -0.39 is 0 Å². The lowest BCUT2D eigenvalue weighted by Gasteiger charge is -2.11. The van der Waals surface area contributed by atoms with Crippen LogP contribution in [-0.4, -0.2) is 5.97 Å². The van der Waals surface area contributed by atoms with Gasteiger partial charge < -0.3 is 4.74 Å². The molecule has 0 bridgehead atoms. The molecule has 15 heavy (non-hydrogen) atoms. The van der Waals surface area contributed by atoms with E-state index in [1.54, 1.807) is 0 Å². The number of cyclic esters (lactones) is 1. The molecule has 1 heterocycles. The van der Waals surface area contributed by atoms with Crippen molar-refractivity contribution >= 4 is 5.97 Å². The molecule has 0 fully saturated rings. The molecule has 0 amide bonds. The van der Waals surface area contributed by atoms with Gasteiger partial charge in [0.25, 0.3) is 0 Å². The lowest BCUT2D eigenvalue weighted by Crippen LogP contribution is -2.00. The molecule has 1 aromatic carbocycles. The van der Waals surface area contributed by atoms with Gasteiger partial charge in [0.05, 0.1) is 5.56 Å². The normalized spacial score (nSPS) is 19.1. The smallest absolute Gasteiger partial charge is 0.339 e. The van der Waals surface area contributed by atoms with Crippen LogP contribution in [0.25, 0.3) is 0 Å². The number of rotatable bonds is 3. The summed E-state index contributed by atoms with van der Waals surface area (Å²) in [5, 5.41) is 0. The van der Waals surface area contributed by atoms with Crippen LogP contribution in [-0.2, 0) is 4.74 Å². The third-order valence-electron chi connectivity index (χ3n) is 2.78. The average Bonchev–Trinajstić information content (AvgIpc) is 2.54. The van der Waals surface area contributed by atoms with Crippen LogP contribution in [0.15, 0.2) is 24.3 Å². The first-order chi connectivity index (χ1) is 7.18. The van der Waals surface area contributed by atoms with Crippen LogP contribution in [0.1, 0.15) is 48.7 Å². The summed E-state index contributed by atoms with van der Waals surface area (Å²) in [6, 6.07) is 7.67. The van der Waals surface area contributed by atoms with E-state index in [1.165, 1.54) is 0 Å². The maximum Gasteiger partial charge on any atom is 0.339 e. The van der Waals surface area contributed by atoms with Crippen LogP contribution >= 0.6 is 0 Å². The minimum atomic E-state index is -0.167. The Morgan fingerprint density at radius 2 is 2.07 bits per heavy atom. The fraction of sp³-hybridized carbons (Fsp3) is 0.462. The summed E-state index contributed by atoms with van der Waals surface area (Å²) >= 11 is 0. The van der Waals surface area contributed by atoms with Crippen molar-refractivity contribution in [2.24, 2.45) is 5.92 Å². The van der Waals surface area contributed by atoms with Crippen molar-refractivity contribution in [2.45, 2.75) is 32.8 Å². The van der Waals surface area contributed by atoms with Gasteiger partial charge in [-0.05, 0) is 24.8 Å². The van der Waals surface area contributed by atoms with Crippen molar-refractivity contribution < 1.29 is 9.53 Å². The molecule has 2 nitrogen and oxygen atoms in total. The molecule has 0 aliphatic carbocycles. The molecule has 0 radical (unpaired) electrons. The molecule has 2 heteroatoms. The van der Waals surface area contributed by atoms with E-state index in [9.17, 15) is 4.79 Å². The van der Waals surface area contributed by atoms with Crippen molar-refractivity contribution in [1.82, 2.24) is 0 Å². The molecule has 2 rings (SSSR count). The Morgan fingerprint density at radius 1 is 1.33 bits per heavy atom. The predicted molar refractivity (Wildman–Crippen MR) is 58.7 cm³/mol. The van der Waals surface area contributed by atoms with Crippen LogP contribution in [0.2, 0.25) is 0 Å². The Labute approximate surface area is 90.3 Å². The standard InChI is InChI=1S/C13H16O2/c1-9(2)7-8-12-10-5-3-4-6-11(10)13(14)15-12/h3-6,9,12H,7-8H2,1-2H3/t12-/m0/s1. The summed E-state index contributed by atoms with van der Waals surface area (Å²) in [6.45, 7) is 4.37. The van der Waals surface area contributed by atoms with E-state index in [4.69, 9.17) is 4.74 Å². The third-order valence-corrected chi connectivity index (χ3v) is 2.78. The van der Waals surface area contributed by atoms with E-state index in [0.717, 1.165) is 24.0 Å².